The zero-order valence-corrected chi connectivity index (χ0v) is 18.1. The van der Waals surface area contributed by atoms with Crippen molar-refractivity contribution in [3.63, 3.8) is 0 Å². The molecule has 0 aromatic carbocycles. The van der Waals surface area contributed by atoms with E-state index in [9.17, 15) is 14.4 Å². The smallest absolute Gasteiger partial charge is 0.348 e. The number of carbonyl (C=O) groups excluding carboxylic acids is 3. The summed E-state index contributed by atoms with van der Waals surface area (Å²) in [6.45, 7) is 9.10. The number of thiophene rings is 1. The van der Waals surface area contributed by atoms with Crippen LogP contribution in [0.1, 0.15) is 58.7 Å². The van der Waals surface area contributed by atoms with Crippen LogP contribution in [0.15, 0.2) is 0 Å². The fourth-order valence-electron chi connectivity index (χ4n) is 3.95. The molecule has 0 spiro atoms. The van der Waals surface area contributed by atoms with E-state index in [4.69, 9.17) is 9.47 Å². The van der Waals surface area contributed by atoms with Crippen molar-refractivity contribution < 1.29 is 23.9 Å². The second kappa shape index (κ2) is 9.58. The van der Waals surface area contributed by atoms with Gasteiger partial charge in [0.15, 0.2) is 0 Å². The summed E-state index contributed by atoms with van der Waals surface area (Å²) in [6, 6.07) is 0.141. The number of nitrogens with zero attached hydrogens (tertiary/aromatic N) is 2. The van der Waals surface area contributed by atoms with Crippen LogP contribution < -0.4 is 5.32 Å². The average molecular weight is 424 g/mol. The molecule has 2 amide bonds. The van der Waals surface area contributed by atoms with Gasteiger partial charge in [-0.25, -0.2) is 14.4 Å². The number of amides is 2. The molecule has 2 fully saturated rings. The molecule has 9 heteroatoms. The number of rotatable bonds is 6. The number of hydrogen-bond acceptors (Lipinski definition) is 7. The fourth-order valence-corrected chi connectivity index (χ4v) is 5.03. The van der Waals surface area contributed by atoms with Gasteiger partial charge in [0.1, 0.15) is 9.88 Å². The second-order valence-electron chi connectivity index (χ2n) is 7.26. The maximum atomic E-state index is 12.9. The Morgan fingerprint density at radius 1 is 1.07 bits per heavy atom. The fraction of sp³-hybridized carbons (Fsp3) is 0.650. The Balaban J connectivity index is 1.76. The van der Waals surface area contributed by atoms with Gasteiger partial charge in [-0.3, -0.25) is 10.2 Å². The van der Waals surface area contributed by atoms with Crippen LogP contribution in [0.2, 0.25) is 0 Å². The summed E-state index contributed by atoms with van der Waals surface area (Å²) < 4.78 is 10.2. The van der Waals surface area contributed by atoms with Crippen LogP contribution in [0.4, 0.5) is 9.80 Å². The van der Waals surface area contributed by atoms with Gasteiger partial charge < -0.3 is 14.4 Å². The van der Waals surface area contributed by atoms with Gasteiger partial charge >= 0.3 is 18.0 Å². The third-order valence-corrected chi connectivity index (χ3v) is 6.60. The molecular formula is C20H29N3O5S. The zero-order chi connectivity index (χ0) is 21.0. The molecule has 1 unspecified atom stereocenters. The van der Waals surface area contributed by atoms with Crippen molar-refractivity contribution in [1.82, 2.24) is 9.80 Å². The van der Waals surface area contributed by atoms with Crippen LogP contribution in [-0.2, 0) is 9.47 Å². The molecule has 0 saturated carbocycles. The summed E-state index contributed by atoms with van der Waals surface area (Å²) in [5, 5.41) is 3.17. The number of urea groups is 1. The summed E-state index contributed by atoms with van der Waals surface area (Å²) in [5.74, 6) is -1.06. The van der Waals surface area contributed by atoms with Crippen LogP contribution in [0.5, 0.6) is 0 Å². The van der Waals surface area contributed by atoms with Crippen molar-refractivity contribution in [2.45, 2.75) is 46.1 Å². The Labute approximate surface area is 175 Å². The van der Waals surface area contributed by atoms with Crippen LogP contribution in [0.25, 0.3) is 0 Å². The summed E-state index contributed by atoms with van der Waals surface area (Å²) in [7, 11) is 0. The van der Waals surface area contributed by atoms with Gasteiger partial charge in [-0.1, -0.05) is 0 Å². The molecule has 0 radical (unpaired) electrons. The molecule has 160 valence electrons. The lowest BCUT2D eigenvalue weighted by Gasteiger charge is -2.23. The Morgan fingerprint density at radius 2 is 1.72 bits per heavy atom. The van der Waals surface area contributed by atoms with E-state index >= 15 is 0 Å². The maximum absolute atomic E-state index is 12.9. The minimum Gasteiger partial charge on any atom is -0.462 e. The van der Waals surface area contributed by atoms with Gasteiger partial charge in [-0.2, -0.15) is 0 Å². The van der Waals surface area contributed by atoms with Crippen LogP contribution in [0, 0.1) is 6.92 Å². The molecule has 1 atom stereocenters. The standard InChI is InChI=1S/C20H29N3O5S/c1-4-27-18(24)15-13(3)16(19(25)28-5-2)29-17(15)21-20(26)23-11-8-14(12-23)22-9-6-7-10-22/h14H,4-12H2,1-3H3,(H,21,26). The average Bonchev–Trinajstić information content (AvgIpc) is 3.42. The number of nitrogens with one attached hydrogen (secondary N) is 1. The van der Waals surface area contributed by atoms with E-state index in [1.54, 1.807) is 25.7 Å². The van der Waals surface area contributed by atoms with Crippen molar-refractivity contribution in [2.75, 3.05) is 44.7 Å². The molecule has 29 heavy (non-hydrogen) atoms. The molecule has 2 aliphatic heterocycles. The molecule has 3 rings (SSSR count). The zero-order valence-electron chi connectivity index (χ0n) is 17.3. The highest BCUT2D eigenvalue weighted by Gasteiger charge is 2.33. The molecule has 3 heterocycles. The Kier molecular flexibility index (Phi) is 7.13. The van der Waals surface area contributed by atoms with E-state index in [0.29, 0.717) is 34.6 Å². The van der Waals surface area contributed by atoms with Crippen LogP contribution in [0.3, 0.4) is 0 Å². The van der Waals surface area contributed by atoms with Crippen LogP contribution >= 0.6 is 11.3 Å². The van der Waals surface area contributed by atoms with E-state index in [1.807, 2.05) is 0 Å². The molecule has 0 aliphatic carbocycles. The number of hydrogen-bond donors (Lipinski definition) is 1. The normalized spacial score (nSPS) is 19.4. The van der Waals surface area contributed by atoms with E-state index in [1.165, 1.54) is 12.8 Å². The summed E-state index contributed by atoms with van der Waals surface area (Å²) >= 11 is 1.06. The highest BCUT2D eigenvalue weighted by molar-refractivity contribution is 7.18. The Morgan fingerprint density at radius 3 is 2.38 bits per heavy atom. The van der Waals surface area contributed by atoms with E-state index < -0.39 is 11.9 Å². The monoisotopic (exact) mass is 423 g/mol. The highest BCUT2D eigenvalue weighted by Crippen LogP contribution is 2.35. The molecule has 1 aromatic heterocycles. The summed E-state index contributed by atoms with van der Waals surface area (Å²) in [5.41, 5.74) is 0.696. The predicted octanol–water partition coefficient (Wildman–Crippen LogP) is 3.11. The minimum absolute atomic E-state index is 0.208. The molecule has 1 aromatic rings. The first-order chi connectivity index (χ1) is 14.0. The summed E-state index contributed by atoms with van der Waals surface area (Å²) in [4.78, 5) is 42.1. The number of anilines is 1. The topological polar surface area (TPSA) is 88.2 Å². The lowest BCUT2D eigenvalue weighted by atomic mass is 10.1. The minimum atomic E-state index is -0.552. The number of likely N-dealkylation sites (tertiary alicyclic amines) is 2. The highest BCUT2D eigenvalue weighted by atomic mass is 32.1. The maximum Gasteiger partial charge on any atom is 0.348 e. The van der Waals surface area contributed by atoms with Gasteiger partial charge in [0.05, 0.1) is 18.8 Å². The Bertz CT molecular complexity index is 772. The van der Waals surface area contributed by atoms with E-state index in [0.717, 1.165) is 30.8 Å². The molecular weight excluding hydrogens is 394 g/mol. The van der Waals surface area contributed by atoms with Crippen molar-refractivity contribution >= 4 is 34.3 Å². The Hall–Kier alpha value is -2.13. The lowest BCUT2D eigenvalue weighted by Crippen LogP contribution is -2.38. The molecule has 1 N–H and O–H groups in total. The largest absolute Gasteiger partial charge is 0.462 e. The molecule has 0 bridgehead atoms. The second-order valence-corrected chi connectivity index (χ2v) is 8.28. The van der Waals surface area contributed by atoms with Crippen molar-refractivity contribution in [2.24, 2.45) is 0 Å². The van der Waals surface area contributed by atoms with Gasteiger partial charge in [-0.05, 0) is 58.7 Å². The first-order valence-corrected chi connectivity index (χ1v) is 11.1. The molecule has 2 saturated heterocycles. The third-order valence-electron chi connectivity index (χ3n) is 5.42. The molecule has 2 aliphatic rings. The quantitative estimate of drug-likeness (QED) is 0.708. The predicted molar refractivity (Wildman–Crippen MR) is 111 cm³/mol. The van der Waals surface area contributed by atoms with Gasteiger partial charge in [0.25, 0.3) is 0 Å². The van der Waals surface area contributed by atoms with Crippen LogP contribution in [-0.4, -0.2) is 73.2 Å². The summed E-state index contributed by atoms with van der Waals surface area (Å²) in [6.07, 6.45) is 3.39. The first-order valence-electron chi connectivity index (χ1n) is 10.2. The lowest BCUT2D eigenvalue weighted by molar-refractivity contribution is 0.0527. The molecule has 8 nitrogen and oxygen atoms in total. The number of ether oxygens (including phenoxy) is 2. The van der Waals surface area contributed by atoms with E-state index in [2.05, 4.69) is 10.2 Å². The van der Waals surface area contributed by atoms with Gasteiger partial charge in [0.2, 0.25) is 0 Å². The number of carbonyl (C=O) groups is 3. The van der Waals surface area contributed by atoms with Gasteiger partial charge in [0, 0.05) is 19.1 Å². The number of esters is 2. The SMILES string of the molecule is CCOC(=O)c1sc(NC(=O)N2CCC(N3CCCC3)C2)c(C(=O)OCC)c1C. The van der Waals surface area contributed by atoms with Crippen molar-refractivity contribution in [3.8, 4) is 0 Å². The van der Waals surface area contributed by atoms with Crippen molar-refractivity contribution in [3.05, 3.63) is 16.0 Å². The first kappa shape index (κ1) is 21.6. The third kappa shape index (κ3) is 4.72. The van der Waals surface area contributed by atoms with E-state index in [-0.39, 0.29) is 24.8 Å². The van der Waals surface area contributed by atoms with Crippen molar-refractivity contribution in [1.29, 1.82) is 0 Å². The van der Waals surface area contributed by atoms with Gasteiger partial charge in [-0.15, -0.1) is 11.3 Å².